The van der Waals surface area contributed by atoms with Gasteiger partial charge in [0.05, 0.1) is 0 Å². The van der Waals surface area contributed by atoms with Crippen LogP contribution in [0.15, 0.2) is 0 Å². The topological polar surface area (TPSA) is 63.6 Å². The Hall–Kier alpha value is -0.900. The average Bonchev–Trinajstić information content (AvgIpc) is 2.51. The predicted molar refractivity (Wildman–Crippen MR) is 93.1 cm³/mol. The Balaban J connectivity index is 3.21. The van der Waals surface area contributed by atoms with Gasteiger partial charge in [-0.1, -0.05) is 84.0 Å². The lowest BCUT2D eigenvalue weighted by Crippen LogP contribution is -2.24. The third-order valence-corrected chi connectivity index (χ3v) is 4.08. The fourth-order valence-corrected chi connectivity index (χ4v) is 2.55. The second kappa shape index (κ2) is 16.0. The fraction of sp³-hybridized carbons (Fsp3) is 0.895. The first-order valence-corrected chi connectivity index (χ1v) is 9.46. The largest absolute Gasteiger partial charge is 0.428 e. The Kier molecular flexibility index (Phi) is 15.4. The first-order valence-electron chi connectivity index (χ1n) is 9.46. The normalized spacial score (nSPS) is 12.1. The molecule has 0 aliphatic heterocycles. The van der Waals surface area contributed by atoms with E-state index in [2.05, 4.69) is 11.7 Å². The van der Waals surface area contributed by atoms with E-state index in [1.165, 1.54) is 71.1 Å². The van der Waals surface area contributed by atoms with E-state index < -0.39 is 18.0 Å². The molecule has 0 aromatic rings. The van der Waals surface area contributed by atoms with Gasteiger partial charge in [0.25, 0.3) is 6.29 Å². The molecule has 0 heterocycles. The van der Waals surface area contributed by atoms with E-state index in [-0.39, 0.29) is 6.42 Å². The summed E-state index contributed by atoms with van der Waals surface area (Å²) in [6, 6.07) is 0. The Morgan fingerprint density at radius 1 is 0.783 bits per heavy atom. The van der Waals surface area contributed by atoms with Crippen LogP contribution < -0.4 is 0 Å². The minimum Gasteiger partial charge on any atom is -0.428 e. The van der Waals surface area contributed by atoms with Crippen LogP contribution in [-0.2, 0) is 14.3 Å². The zero-order valence-corrected chi connectivity index (χ0v) is 15.1. The van der Waals surface area contributed by atoms with Crippen LogP contribution in [0.25, 0.3) is 0 Å². The number of ether oxygens (including phenoxy) is 1. The van der Waals surface area contributed by atoms with Crippen LogP contribution in [-0.4, -0.2) is 23.1 Å². The summed E-state index contributed by atoms with van der Waals surface area (Å²) < 4.78 is 4.59. The third kappa shape index (κ3) is 15.8. The number of unbranched alkanes of at least 4 members (excludes halogenated alkanes) is 12. The molecule has 1 unspecified atom stereocenters. The summed E-state index contributed by atoms with van der Waals surface area (Å²) in [5, 5.41) is 9.11. The molecule has 4 nitrogen and oxygen atoms in total. The molecule has 0 rings (SSSR count). The summed E-state index contributed by atoms with van der Waals surface area (Å²) in [5.41, 5.74) is 0. The van der Waals surface area contributed by atoms with Gasteiger partial charge in [0.2, 0.25) is 0 Å². The molecule has 1 N–H and O–H groups in total. The zero-order chi connectivity index (χ0) is 17.3. The number of hydrogen-bond donors (Lipinski definition) is 1. The van der Waals surface area contributed by atoms with Gasteiger partial charge >= 0.3 is 5.97 Å². The molecule has 0 bridgehead atoms. The number of carbonyl (C=O) groups is 2. The smallest absolute Gasteiger partial charge is 0.308 e. The molecule has 23 heavy (non-hydrogen) atoms. The SMILES string of the molecule is CCCCCCCCCCCCCCCC(=O)OC(O)C(C)=O. The number of rotatable bonds is 16. The maximum absolute atomic E-state index is 11.3. The molecule has 0 radical (unpaired) electrons. The Labute approximate surface area is 142 Å². The maximum atomic E-state index is 11.3. The zero-order valence-electron chi connectivity index (χ0n) is 15.1. The van der Waals surface area contributed by atoms with E-state index in [1.54, 1.807) is 0 Å². The van der Waals surface area contributed by atoms with Gasteiger partial charge in [-0.3, -0.25) is 9.59 Å². The van der Waals surface area contributed by atoms with E-state index in [9.17, 15) is 9.59 Å². The van der Waals surface area contributed by atoms with E-state index in [0.29, 0.717) is 0 Å². The van der Waals surface area contributed by atoms with Crippen molar-refractivity contribution < 1.29 is 19.4 Å². The van der Waals surface area contributed by atoms with Crippen molar-refractivity contribution in [3.8, 4) is 0 Å². The highest BCUT2D eigenvalue weighted by molar-refractivity contribution is 5.81. The Morgan fingerprint density at radius 2 is 1.17 bits per heavy atom. The van der Waals surface area contributed by atoms with E-state index in [0.717, 1.165) is 19.3 Å². The highest BCUT2D eigenvalue weighted by Crippen LogP contribution is 2.13. The molecule has 0 saturated heterocycles. The van der Waals surface area contributed by atoms with Crippen LogP contribution in [0.2, 0.25) is 0 Å². The molecule has 0 fully saturated rings. The van der Waals surface area contributed by atoms with Crippen LogP contribution in [0.5, 0.6) is 0 Å². The van der Waals surface area contributed by atoms with Crippen molar-refractivity contribution in [2.24, 2.45) is 0 Å². The van der Waals surface area contributed by atoms with Crippen LogP contribution >= 0.6 is 0 Å². The molecule has 0 aliphatic rings. The van der Waals surface area contributed by atoms with Crippen molar-refractivity contribution in [1.82, 2.24) is 0 Å². The predicted octanol–water partition coefficient (Wildman–Crippen LogP) is 4.92. The summed E-state index contributed by atoms with van der Waals surface area (Å²) in [6.07, 6.45) is 15.0. The summed E-state index contributed by atoms with van der Waals surface area (Å²) in [6.45, 7) is 3.45. The molecule has 0 aromatic heterocycles. The Morgan fingerprint density at radius 3 is 1.57 bits per heavy atom. The van der Waals surface area contributed by atoms with Gasteiger partial charge in [-0.25, -0.2) is 0 Å². The van der Waals surface area contributed by atoms with Gasteiger partial charge in [0.15, 0.2) is 5.78 Å². The molecular weight excluding hydrogens is 292 g/mol. The van der Waals surface area contributed by atoms with E-state index in [4.69, 9.17) is 5.11 Å². The van der Waals surface area contributed by atoms with Crippen molar-refractivity contribution >= 4 is 11.8 Å². The molecule has 0 amide bonds. The second-order valence-corrected chi connectivity index (χ2v) is 6.45. The van der Waals surface area contributed by atoms with Crippen molar-refractivity contribution in [3.63, 3.8) is 0 Å². The van der Waals surface area contributed by atoms with Crippen LogP contribution in [0, 0.1) is 0 Å². The van der Waals surface area contributed by atoms with Gasteiger partial charge in [0, 0.05) is 13.3 Å². The number of ketones is 1. The van der Waals surface area contributed by atoms with E-state index in [1.807, 2.05) is 0 Å². The molecule has 0 saturated carbocycles. The van der Waals surface area contributed by atoms with Gasteiger partial charge in [-0.15, -0.1) is 0 Å². The fourth-order valence-electron chi connectivity index (χ4n) is 2.55. The number of aliphatic hydroxyl groups is 1. The Bertz CT molecular complexity index is 302. The van der Waals surface area contributed by atoms with E-state index >= 15 is 0 Å². The molecule has 0 aliphatic carbocycles. The standard InChI is InChI=1S/C19H36O4/c1-3-4-5-6-7-8-9-10-11-12-13-14-15-16-18(21)23-19(22)17(2)20/h19,22H,3-16H2,1-2H3. The van der Waals surface area contributed by atoms with Crippen molar-refractivity contribution in [3.05, 3.63) is 0 Å². The lowest BCUT2D eigenvalue weighted by Gasteiger charge is -2.08. The summed E-state index contributed by atoms with van der Waals surface area (Å²) >= 11 is 0. The molecule has 0 spiro atoms. The minimum atomic E-state index is -1.59. The summed E-state index contributed by atoms with van der Waals surface area (Å²) in [4.78, 5) is 22.1. The summed E-state index contributed by atoms with van der Waals surface area (Å²) in [7, 11) is 0. The highest BCUT2D eigenvalue weighted by atomic mass is 16.6. The van der Waals surface area contributed by atoms with Gasteiger partial charge in [-0.05, 0) is 6.42 Å². The minimum absolute atomic E-state index is 0.280. The van der Waals surface area contributed by atoms with Crippen LogP contribution in [0.3, 0.4) is 0 Å². The van der Waals surface area contributed by atoms with Crippen LogP contribution in [0.1, 0.15) is 104 Å². The van der Waals surface area contributed by atoms with Gasteiger partial charge < -0.3 is 9.84 Å². The molecular formula is C19H36O4. The number of aliphatic hydroxyl groups excluding tert-OH is 1. The number of carbonyl (C=O) groups excluding carboxylic acids is 2. The monoisotopic (exact) mass is 328 g/mol. The molecule has 1 atom stereocenters. The number of hydrogen-bond acceptors (Lipinski definition) is 4. The number of Topliss-reactive ketones (excluding diaryl/α,β-unsaturated/α-hetero) is 1. The van der Waals surface area contributed by atoms with Crippen molar-refractivity contribution in [1.29, 1.82) is 0 Å². The highest BCUT2D eigenvalue weighted by Gasteiger charge is 2.14. The maximum Gasteiger partial charge on any atom is 0.308 e. The lowest BCUT2D eigenvalue weighted by molar-refractivity contribution is -0.174. The number of esters is 1. The quantitative estimate of drug-likeness (QED) is 0.248. The molecule has 0 aromatic carbocycles. The third-order valence-electron chi connectivity index (χ3n) is 4.08. The summed E-state index contributed by atoms with van der Waals surface area (Å²) in [5.74, 6) is -1.03. The molecule has 136 valence electrons. The second-order valence-electron chi connectivity index (χ2n) is 6.45. The first kappa shape index (κ1) is 22.1. The van der Waals surface area contributed by atoms with Gasteiger partial charge in [-0.2, -0.15) is 0 Å². The average molecular weight is 328 g/mol. The first-order chi connectivity index (χ1) is 11.1. The van der Waals surface area contributed by atoms with Crippen LogP contribution in [0.4, 0.5) is 0 Å². The van der Waals surface area contributed by atoms with Gasteiger partial charge in [0.1, 0.15) is 0 Å². The lowest BCUT2D eigenvalue weighted by atomic mass is 10.0. The van der Waals surface area contributed by atoms with Crippen molar-refractivity contribution in [2.75, 3.05) is 0 Å². The molecule has 4 heteroatoms. The van der Waals surface area contributed by atoms with Crippen molar-refractivity contribution in [2.45, 2.75) is 110 Å².